The van der Waals surface area contributed by atoms with Crippen molar-refractivity contribution in [1.82, 2.24) is 19.8 Å². The minimum absolute atomic E-state index is 0.0439. The summed E-state index contributed by atoms with van der Waals surface area (Å²) in [5.74, 6) is -0.262. The monoisotopic (exact) mass is 341 g/mol. The van der Waals surface area contributed by atoms with Crippen LogP contribution in [0.25, 0.3) is 11.0 Å². The molecule has 2 aromatic rings. The van der Waals surface area contributed by atoms with Gasteiger partial charge in [0.15, 0.2) is 0 Å². The summed E-state index contributed by atoms with van der Waals surface area (Å²) >= 11 is 0. The predicted octanol–water partition coefficient (Wildman–Crippen LogP) is 1.04. The molecule has 132 valence electrons. The fourth-order valence-electron chi connectivity index (χ4n) is 3.39. The first-order valence-electron chi connectivity index (χ1n) is 8.61. The molecule has 3 rings (SSSR count). The number of likely N-dealkylation sites (N-methyl/N-ethyl adjacent to an activating group) is 1. The minimum Gasteiger partial charge on any atom is -0.341 e. The second-order valence-electron chi connectivity index (χ2n) is 6.21. The highest BCUT2D eigenvalue weighted by molar-refractivity contribution is 6.06. The number of hydrogen-bond acceptors (Lipinski definition) is 5. The first-order chi connectivity index (χ1) is 12.1. The molecule has 2 atom stereocenters. The van der Waals surface area contributed by atoms with E-state index in [9.17, 15) is 9.59 Å². The van der Waals surface area contributed by atoms with Crippen molar-refractivity contribution >= 4 is 22.8 Å². The normalized spacial score (nSPS) is 20.0. The molecule has 2 N–H and O–H groups in total. The van der Waals surface area contributed by atoms with E-state index in [4.69, 9.17) is 5.73 Å². The molecule has 0 radical (unpaired) electrons. The van der Waals surface area contributed by atoms with Crippen LogP contribution in [0, 0.1) is 0 Å². The molecule has 0 bridgehead atoms. The van der Waals surface area contributed by atoms with E-state index in [-0.39, 0.29) is 17.9 Å². The zero-order chi connectivity index (χ0) is 18.0. The summed E-state index contributed by atoms with van der Waals surface area (Å²) in [6.07, 6.45) is 3.64. The number of likely N-dealkylation sites (tertiary alicyclic amines) is 1. The second kappa shape index (κ2) is 7.14. The lowest BCUT2D eigenvalue weighted by atomic mass is 10.1. The highest BCUT2D eigenvalue weighted by atomic mass is 16.2. The largest absolute Gasteiger partial charge is 0.341 e. The fraction of sp³-hybridized carbons (Fsp3) is 0.444. The van der Waals surface area contributed by atoms with Crippen LogP contribution in [0.15, 0.2) is 30.6 Å². The van der Waals surface area contributed by atoms with Gasteiger partial charge in [0, 0.05) is 38.1 Å². The smallest absolute Gasteiger partial charge is 0.256 e. The predicted molar refractivity (Wildman–Crippen MR) is 94.9 cm³/mol. The van der Waals surface area contributed by atoms with Crippen LogP contribution in [0.4, 0.5) is 0 Å². The molecule has 2 heterocycles. The van der Waals surface area contributed by atoms with Gasteiger partial charge in [0.25, 0.3) is 5.91 Å². The van der Waals surface area contributed by atoms with Crippen LogP contribution in [0.2, 0.25) is 0 Å². The Bertz CT molecular complexity index is 785. The summed E-state index contributed by atoms with van der Waals surface area (Å²) < 4.78 is 0. The van der Waals surface area contributed by atoms with Crippen LogP contribution < -0.4 is 5.73 Å². The fourth-order valence-corrected chi connectivity index (χ4v) is 3.39. The quantitative estimate of drug-likeness (QED) is 0.897. The van der Waals surface area contributed by atoms with E-state index in [0.29, 0.717) is 42.7 Å². The van der Waals surface area contributed by atoms with Crippen LogP contribution in [-0.2, 0) is 4.79 Å². The van der Waals surface area contributed by atoms with Crippen molar-refractivity contribution < 1.29 is 9.59 Å². The molecule has 1 aliphatic heterocycles. The lowest BCUT2D eigenvalue weighted by molar-refractivity contribution is -0.134. The summed E-state index contributed by atoms with van der Waals surface area (Å²) in [5.41, 5.74) is 7.73. The lowest BCUT2D eigenvalue weighted by Gasteiger charge is -2.29. The molecule has 1 aliphatic rings. The number of fused-ring (bicyclic) bond motifs is 1. The summed E-state index contributed by atoms with van der Waals surface area (Å²) in [5, 5.41) is 0. The van der Waals surface area contributed by atoms with Crippen molar-refractivity contribution in [1.29, 1.82) is 0 Å². The van der Waals surface area contributed by atoms with Crippen LogP contribution in [-0.4, -0.2) is 63.3 Å². The molecule has 7 heteroatoms. The number of rotatable bonds is 4. The summed E-state index contributed by atoms with van der Waals surface area (Å²) in [6.45, 7) is 5.46. The molecule has 25 heavy (non-hydrogen) atoms. The SMILES string of the molecule is CCN(CC)C(=O)[C@@H]1C[C@H](N)CN1C(=O)c1cccc2nccnc12. The number of nitrogens with zero attached hydrogens (tertiary/aromatic N) is 4. The molecule has 1 saturated heterocycles. The molecule has 0 aliphatic carbocycles. The van der Waals surface area contributed by atoms with Crippen LogP contribution in [0.5, 0.6) is 0 Å². The number of benzene rings is 1. The molecule has 0 saturated carbocycles. The molecule has 1 aromatic heterocycles. The van der Waals surface area contributed by atoms with E-state index in [2.05, 4.69) is 9.97 Å². The minimum atomic E-state index is -0.519. The topological polar surface area (TPSA) is 92.4 Å². The number of hydrogen-bond donors (Lipinski definition) is 1. The van der Waals surface area contributed by atoms with E-state index >= 15 is 0 Å². The van der Waals surface area contributed by atoms with Gasteiger partial charge in [-0.05, 0) is 32.4 Å². The Morgan fingerprint density at radius 3 is 2.68 bits per heavy atom. The second-order valence-corrected chi connectivity index (χ2v) is 6.21. The first kappa shape index (κ1) is 17.3. The Balaban J connectivity index is 1.95. The lowest BCUT2D eigenvalue weighted by Crippen LogP contribution is -2.47. The van der Waals surface area contributed by atoms with Crippen LogP contribution in [0.1, 0.15) is 30.6 Å². The molecule has 2 amide bonds. The van der Waals surface area contributed by atoms with Gasteiger partial charge in [-0.1, -0.05) is 6.07 Å². The third-order valence-electron chi connectivity index (χ3n) is 4.68. The Kier molecular flexibility index (Phi) is 4.94. The van der Waals surface area contributed by atoms with Crippen LogP contribution in [0.3, 0.4) is 0 Å². The van der Waals surface area contributed by atoms with Crippen molar-refractivity contribution in [3.8, 4) is 0 Å². The Labute approximate surface area is 146 Å². The highest BCUT2D eigenvalue weighted by Crippen LogP contribution is 2.24. The van der Waals surface area contributed by atoms with Gasteiger partial charge in [-0.2, -0.15) is 0 Å². The molecular formula is C18H23N5O2. The van der Waals surface area contributed by atoms with Gasteiger partial charge in [0.05, 0.1) is 11.1 Å². The van der Waals surface area contributed by atoms with Crippen molar-refractivity contribution in [2.45, 2.75) is 32.4 Å². The number of carbonyl (C=O) groups is 2. The molecule has 0 unspecified atom stereocenters. The van der Waals surface area contributed by atoms with Gasteiger partial charge in [0.2, 0.25) is 5.91 Å². The highest BCUT2D eigenvalue weighted by Gasteiger charge is 2.40. The van der Waals surface area contributed by atoms with Crippen molar-refractivity contribution in [2.75, 3.05) is 19.6 Å². The van der Waals surface area contributed by atoms with E-state index in [1.807, 2.05) is 19.9 Å². The van der Waals surface area contributed by atoms with E-state index in [1.165, 1.54) is 0 Å². The Morgan fingerprint density at radius 1 is 1.24 bits per heavy atom. The van der Waals surface area contributed by atoms with Crippen molar-refractivity contribution in [3.05, 3.63) is 36.2 Å². The van der Waals surface area contributed by atoms with Gasteiger partial charge in [-0.25, -0.2) is 0 Å². The third kappa shape index (κ3) is 3.19. The third-order valence-corrected chi connectivity index (χ3v) is 4.68. The van der Waals surface area contributed by atoms with E-state index in [0.717, 1.165) is 0 Å². The van der Waals surface area contributed by atoms with Crippen LogP contribution >= 0.6 is 0 Å². The maximum Gasteiger partial charge on any atom is 0.256 e. The maximum absolute atomic E-state index is 13.2. The van der Waals surface area contributed by atoms with E-state index < -0.39 is 6.04 Å². The standard InChI is InChI=1S/C18H23N5O2/c1-3-22(4-2)18(25)15-10-12(19)11-23(15)17(24)13-6-5-7-14-16(13)21-9-8-20-14/h5-9,12,15H,3-4,10-11,19H2,1-2H3/t12-,15-/m0/s1. The van der Waals surface area contributed by atoms with Gasteiger partial charge < -0.3 is 15.5 Å². The zero-order valence-electron chi connectivity index (χ0n) is 14.6. The Morgan fingerprint density at radius 2 is 1.96 bits per heavy atom. The first-order valence-corrected chi connectivity index (χ1v) is 8.61. The molecule has 1 fully saturated rings. The number of nitrogens with two attached hydrogens (primary N) is 1. The number of para-hydroxylation sites is 1. The average Bonchev–Trinajstić information content (AvgIpc) is 3.03. The van der Waals surface area contributed by atoms with Gasteiger partial charge in [-0.15, -0.1) is 0 Å². The molecular weight excluding hydrogens is 318 g/mol. The van der Waals surface area contributed by atoms with Crippen molar-refractivity contribution in [2.24, 2.45) is 5.73 Å². The molecule has 7 nitrogen and oxygen atoms in total. The number of amides is 2. The number of carbonyl (C=O) groups excluding carboxylic acids is 2. The maximum atomic E-state index is 13.2. The molecule has 0 spiro atoms. The summed E-state index contributed by atoms with van der Waals surface area (Å²) in [6, 6.07) is 4.60. The van der Waals surface area contributed by atoms with Crippen molar-refractivity contribution in [3.63, 3.8) is 0 Å². The summed E-state index contributed by atoms with van der Waals surface area (Å²) in [7, 11) is 0. The van der Waals surface area contributed by atoms with E-state index in [1.54, 1.807) is 34.3 Å². The Hall–Kier alpha value is -2.54. The molecule has 1 aromatic carbocycles. The van der Waals surface area contributed by atoms with Gasteiger partial charge in [-0.3, -0.25) is 19.6 Å². The van der Waals surface area contributed by atoms with Gasteiger partial charge >= 0.3 is 0 Å². The zero-order valence-corrected chi connectivity index (χ0v) is 14.6. The number of aromatic nitrogens is 2. The average molecular weight is 341 g/mol. The van der Waals surface area contributed by atoms with Gasteiger partial charge in [0.1, 0.15) is 11.6 Å². The summed E-state index contributed by atoms with van der Waals surface area (Å²) in [4.78, 5) is 37.8.